The number of alkyl halides is 2. The highest BCUT2D eigenvalue weighted by Gasteiger charge is 2.12. The molecule has 0 bridgehead atoms. The molecule has 0 aliphatic heterocycles. The van der Waals surface area contributed by atoms with Gasteiger partial charge in [0.25, 0.3) is 0 Å². The van der Waals surface area contributed by atoms with Crippen LogP contribution in [0.4, 0.5) is 11.5 Å². The molecule has 0 aliphatic carbocycles. The van der Waals surface area contributed by atoms with Crippen molar-refractivity contribution in [1.82, 2.24) is 9.97 Å². The van der Waals surface area contributed by atoms with E-state index < -0.39 is 0 Å². The molecule has 0 radical (unpaired) electrons. The molecule has 0 aliphatic rings. The van der Waals surface area contributed by atoms with Crippen molar-refractivity contribution in [2.75, 3.05) is 30.3 Å². The summed E-state index contributed by atoms with van der Waals surface area (Å²) >= 11 is 11.5. The van der Waals surface area contributed by atoms with Gasteiger partial charge < -0.3 is 14.8 Å². The average Bonchev–Trinajstić information content (AvgIpc) is 2.71. The van der Waals surface area contributed by atoms with Gasteiger partial charge in [-0.25, -0.2) is 9.97 Å². The fraction of sp³-hybridized carbons (Fsp3) is 0.200. The van der Waals surface area contributed by atoms with Crippen LogP contribution in [0.3, 0.4) is 0 Å². The van der Waals surface area contributed by atoms with Gasteiger partial charge in [0, 0.05) is 22.7 Å². The third-order valence-corrected chi connectivity index (χ3v) is 3.97. The molecule has 0 spiro atoms. The molecule has 0 atom stereocenters. The fourth-order valence-corrected chi connectivity index (χ4v) is 2.66. The lowest BCUT2D eigenvalue weighted by molar-refractivity contribution is 0.291. The minimum absolute atomic E-state index is 0.352. The Kier molecular flexibility index (Phi) is 6.59. The van der Waals surface area contributed by atoms with Crippen LogP contribution >= 0.6 is 23.2 Å². The maximum Gasteiger partial charge on any atom is 0.163 e. The predicted octanol–water partition coefficient (Wildman–Crippen LogP) is 4.59. The van der Waals surface area contributed by atoms with E-state index in [1.165, 1.54) is 6.33 Å². The number of ether oxygens (including phenoxy) is 2. The van der Waals surface area contributed by atoms with E-state index in [2.05, 4.69) is 21.2 Å². The van der Waals surface area contributed by atoms with Gasteiger partial charge in [-0.2, -0.15) is 0 Å². The lowest BCUT2D eigenvalue weighted by atomic mass is 10.2. The molecule has 0 amide bonds. The largest absolute Gasteiger partial charge is 0.488 e. The third-order valence-electron chi connectivity index (χ3n) is 3.66. The molecular weight excluding hydrogens is 385 g/mol. The van der Waals surface area contributed by atoms with E-state index in [1.54, 1.807) is 6.07 Å². The van der Waals surface area contributed by atoms with Crippen molar-refractivity contribution in [3.63, 3.8) is 0 Å². The molecule has 3 aromatic rings. The van der Waals surface area contributed by atoms with E-state index in [0.29, 0.717) is 47.8 Å². The van der Waals surface area contributed by atoms with Crippen LogP contribution in [-0.4, -0.2) is 34.9 Å². The first-order chi connectivity index (χ1) is 13.2. The van der Waals surface area contributed by atoms with Gasteiger partial charge in [0.1, 0.15) is 25.4 Å². The number of hydrogen-bond acceptors (Lipinski definition) is 5. The monoisotopic (exact) mass is 401 g/mol. The number of aromatic nitrogens is 2. The highest BCUT2D eigenvalue weighted by molar-refractivity contribution is 6.18. The molecule has 27 heavy (non-hydrogen) atoms. The molecular formula is C20H17Cl2N3O2. The number of hydrogen-bond donors (Lipinski definition) is 1. The molecule has 7 heteroatoms. The number of terminal acetylenes is 1. The van der Waals surface area contributed by atoms with Gasteiger partial charge in [-0.05, 0) is 24.3 Å². The zero-order valence-electron chi connectivity index (χ0n) is 14.4. The van der Waals surface area contributed by atoms with Crippen LogP contribution in [0.25, 0.3) is 10.9 Å². The summed E-state index contributed by atoms with van der Waals surface area (Å²) in [6, 6.07) is 11.2. The van der Waals surface area contributed by atoms with Gasteiger partial charge in [-0.15, -0.1) is 29.6 Å². The predicted molar refractivity (Wildman–Crippen MR) is 110 cm³/mol. The Morgan fingerprint density at radius 3 is 2.44 bits per heavy atom. The molecule has 1 aromatic heterocycles. The Balaban J connectivity index is 2.01. The number of halogens is 2. The molecule has 3 rings (SSSR count). The van der Waals surface area contributed by atoms with Gasteiger partial charge in [-0.3, -0.25) is 0 Å². The van der Waals surface area contributed by atoms with E-state index in [1.807, 2.05) is 30.3 Å². The van der Waals surface area contributed by atoms with Crippen LogP contribution in [0.1, 0.15) is 5.56 Å². The number of benzene rings is 2. The molecule has 1 heterocycles. The summed E-state index contributed by atoms with van der Waals surface area (Å²) in [6.07, 6.45) is 6.96. The lowest BCUT2D eigenvalue weighted by Crippen LogP contribution is -2.05. The van der Waals surface area contributed by atoms with Gasteiger partial charge >= 0.3 is 0 Å². The van der Waals surface area contributed by atoms with Crippen LogP contribution in [0, 0.1) is 12.3 Å². The maximum atomic E-state index is 5.75. The number of nitrogens with one attached hydrogen (secondary N) is 1. The maximum absolute atomic E-state index is 5.75. The number of rotatable bonds is 8. The standard InChI is InChI=1S/C20H17Cl2N3O2/c1-2-14-4-3-5-15(10-14)25-20-16-11-18(26-8-6-21)19(27-9-7-22)12-17(16)23-13-24-20/h1,3-5,10-13H,6-9H2,(H,23,24,25). The number of nitrogens with zero attached hydrogens (tertiary/aromatic N) is 2. The summed E-state index contributed by atoms with van der Waals surface area (Å²) in [5.41, 5.74) is 2.32. The molecule has 5 nitrogen and oxygen atoms in total. The Morgan fingerprint density at radius 1 is 1.00 bits per heavy atom. The van der Waals surface area contributed by atoms with Gasteiger partial charge in [0.15, 0.2) is 11.5 Å². The van der Waals surface area contributed by atoms with Crippen molar-refractivity contribution in [3.8, 4) is 23.8 Å². The molecule has 0 saturated carbocycles. The van der Waals surface area contributed by atoms with Gasteiger partial charge in [-0.1, -0.05) is 12.0 Å². The molecule has 0 saturated heterocycles. The van der Waals surface area contributed by atoms with Crippen molar-refractivity contribution in [2.45, 2.75) is 0 Å². The molecule has 2 aromatic carbocycles. The minimum Gasteiger partial charge on any atom is -0.488 e. The smallest absolute Gasteiger partial charge is 0.163 e. The Labute approximate surface area is 167 Å². The molecule has 0 fully saturated rings. The topological polar surface area (TPSA) is 56.3 Å². The number of fused-ring (bicyclic) bond motifs is 1. The van der Waals surface area contributed by atoms with Gasteiger partial charge in [0.05, 0.1) is 17.3 Å². The van der Waals surface area contributed by atoms with E-state index in [-0.39, 0.29) is 0 Å². The summed E-state index contributed by atoms with van der Waals surface area (Å²) < 4.78 is 11.4. The van der Waals surface area contributed by atoms with E-state index in [4.69, 9.17) is 39.1 Å². The van der Waals surface area contributed by atoms with Crippen molar-refractivity contribution in [1.29, 1.82) is 0 Å². The van der Waals surface area contributed by atoms with E-state index >= 15 is 0 Å². The van der Waals surface area contributed by atoms with Crippen molar-refractivity contribution in [2.24, 2.45) is 0 Å². The summed E-state index contributed by atoms with van der Waals surface area (Å²) in [5.74, 6) is 5.10. The first-order valence-electron chi connectivity index (χ1n) is 8.25. The Bertz CT molecular complexity index is 973. The van der Waals surface area contributed by atoms with Crippen LogP contribution in [0.2, 0.25) is 0 Å². The number of anilines is 2. The van der Waals surface area contributed by atoms with Crippen LogP contribution in [-0.2, 0) is 0 Å². The quantitative estimate of drug-likeness (QED) is 0.441. The zero-order valence-corrected chi connectivity index (χ0v) is 15.9. The average molecular weight is 402 g/mol. The summed E-state index contributed by atoms with van der Waals surface area (Å²) in [6.45, 7) is 0.713. The van der Waals surface area contributed by atoms with E-state index in [0.717, 1.165) is 16.6 Å². The SMILES string of the molecule is C#Cc1cccc(Nc2ncnc3cc(OCCCl)c(OCCCl)cc23)c1. The fourth-order valence-electron chi connectivity index (χ4n) is 2.51. The summed E-state index contributed by atoms with van der Waals surface area (Å²) in [7, 11) is 0. The lowest BCUT2D eigenvalue weighted by Gasteiger charge is -2.14. The second-order valence-electron chi connectivity index (χ2n) is 5.46. The molecule has 1 N–H and O–H groups in total. The highest BCUT2D eigenvalue weighted by atomic mass is 35.5. The highest BCUT2D eigenvalue weighted by Crippen LogP contribution is 2.35. The molecule has 138 valence electrons. The first kappa shape index (κ1) is 19.1. The van der Waals surface area contributed by atoms with Crippen LogP contribution < -0.4 is 14.8 Å². The van der Waals surface area contributed by atoms with Crippen molar-refractivity contribution < 1.29 is 9.47 Å². The Hall–Kier alpha value is -2.68. The summed E-state index contributed by atoms with van der Waals surface area (Å²) in [5, 5.41) is 4.06. The van der Waals surface area contributed by atoms with Gasteiger partial charge in [0.2, 0.25) is 0 Å². The van der Waals surface area contributed by atoms with Crippen LogP contribution in [0.5, 0.6) is 11.5 Å². The summed E-state index contributed by atoms with van der Waals surface area (Å²) in [4.78, 5) is 8.68. The zero-order chi connectivity index (χ0) is 19.1. The van der Waals surface area contributed by atoms with Crippen molar-refractivity contribution >= 4 is 45.6 Å². The second-order valence-corrected chi connectivity index (χ2v) is 6.22. The third kappa shape index (κ3) is 4.73. The second kappa shape index (κ2) is 9.31. The minimum atomic E-state index is 0.352. The van der Waals surface area contributed by atoms with E-state index in [9.17, 15) is 0 Å². The Morgan fingerprint density at radius 2 is 1.74 bits per heavy atom. The van der Waals surface area contributed by atoms with Crippen LogP contribution in [0.15, 0.2) is 42.7 Å². The first-order valence-corrected chi connectivity index (χ1v) is 9.32. The van der Waals surface area contributed by atoms with Crippen molar-refractivity contribution in [3.05, 3.63) is 48.3 Å². The molecule has 0 unspecified atom stereocenters. The normalized spacial score (nSPS) is 10.4.